The van der Waals surface area contributed by atoms with E-state index < -0.39 is 58.5 Å². The van der Waals surface area contributed by atoms with Gasteiger partial charge in [-0.1, -0.05) is 0 Å². The number of ether oxygens (including phenoxy) is 3. The Morgan fingerprint density at radius 3 is 1.72 bits per heavy atom. The standard InChI is InChI=1S/C21H37NO7/c1-19(2,3)16(24)27-11-12-14(23)15(29-18(26)21(7,8)9)13(10-22-12)28-17(25)20(4,5)6/h12-15,22-23H,10-11H2,1-9H3/t12-,13+,14+,15-/m1/s1. The third-order valence-corrected chi connectivity index (χ3v) is 4.43. The molecule has 1 aliphatic heterocycles. The van der Waals surface area contributed by atoms with Crippen molar-refractivity contribution >= 4 is 17.9 Å². The van der Waals surface area contributed by atoms with E-state index in [9.17, 15) is 19.5 Å². The molecule has 29 heavy (non-hydrogen) atoms. The van der Waals surface area contributed by atoms with E-state index in [2.05, 4.69) is 5.32 Å². The molecule has 0 saturated carbocycles. The van der Waals surface area contributed by atoms with Crippen LogP contribution in [0.1, 0.15) is 62.3 Å². The molecule has 0 unspecified atom stereocenters. The molecule has 0 radical (unpaired) electrons. The van der Waals surface area contributed by atoms with Gasteiger partial charge in [0.25, 0.3) is 0 Å². The summed E-state index contributed by atoms with van der Waals surface area (Å²) in [5.41, 5.74) is -2.22. The Labute approximate surface area is 173 Å². The first kappa shape index (κ1) is 25.4. The second-order valence-electron chi connectivity index (χ2n) is 10.7. The molecule has 0 aromatic heterocycles. The molecule has 1 saturated heterocycles. The number of hydrogen-bond donors (Lipinski definition) is 2. The predicted octanol–water partition coefficient (Wildman–Crippen LogP) is 1.82. The van der Waals surface area contributed by atoms with Gasteiger partial charge in [-0.05, 0) is 62.3 Å². The van der Waals surface area contributed by atoms with Crippen molar-refractivity contribution in [2.24, 2.45) is 16.2 Å². The van der Waals surface area contributed by atoms with Crippen molar-refractivity contribution in [3.63, 3.8) is 0 Å². The summed E-state index contributed by atoms with van der Waals surface area (Å²) in [6.45, 7) is 15.5. The molecule has 1 heterocycles. The summed E-state index contributed by atoms with van der Waals surface area (Å²) in [6.07, 6.45) is -3.16. The van der Waals surface area contributed by atoms with Gasteiger partial charge < -0.3 is 24.6 Å². The molecule has 8 nitrogen and oxygen atoms in total. The minimum atomic E-state index is -1.22. The van der Waals surface area contributed by atoms with E-state index in [0.717, 1.165) is 0 Å². The van der Waals surface area contributed by atoms with Gasteiger partial charge >= 0.3 is 17.9 Å². The Morgan fingerprint density at radius 2 is 1.28 bits per heavy atom. The van der Waals surface area contributed by atoms with Crippen LogP contribution in [0.15, 0.2) is 0 Å². The second kappa shape index (κ2) is 9.00. The first-order valence-corrected chi connectivity index (χ1v) is 9.95. The van der Waals surface area contributed by atoms with Crippen LogP contribution in [-0.4, -0.2) is 60.5 Å². The first-order chi connectivity index (χ1) is 12.9. The summed E-state index contributed by atoms with van der Waals surface area (Å²) in [7, 11) is 0. The molecule has 0 aromatic carbocycles. The third-order valence-electron chi connectivity index (χ3n) is 4.43. The lowest BCUT2D eigenvalue weighted by Crippen LogP contribution is -2.64. The maximum absolute atomic E-state index is 12.4. The van der Waals surface area contributed by atoms with Gasteiger partial charge in [0.2, 0.25) is 0 Å². The Kier molecular flexibility index (Phi) is 7.87. The van der Waals surface area contributed by atoms with E-state index in [4.69, 9.17) is 14.2 Å². The molecular formula is C21H37NO7. The van der Waals surface area contributed by atoms with Gasteiger partial charge in [-0.25, -0.2) is 0 Å². The van der Waals surface area contributed by atoms with Crippen LogP contribution in [0.3, 0.4) is 0 Å². The molecular weight excluding hydrogens is 378 g/mol. The van der Waals surface area contributed by atoms with Crippen molar-refractivity contribution in [2.75, 3.05) is 13.2 Å². The van der Waals surface area contributed by atoms with Gasteiger partial charge in [0, 0.05) is 6.54 Å². The van der Waals surface area contributed by atoms with Crippen molar-refractivity contribution in [3.8, 4) is 0 Å². The van der Waals surface area contributed by atoms with Crippen molar-refractivity contribution < 1.29 is 33.7 Å². The average molecular weight is 416 g/mol. The lowest BCUT2D eigenvalue weighted by atomic mass is 9.93. The highest BCUT2D eigenvalue weighted by Crippen LogP contribution is 2.26. The average Bonchev–Trinajstić information content (AvgIpc) is 2.54. The molecule has 2 N–H and O–H groups in total. The normalized spacial score (nSPS) is 25.9. The maximum Gasteiger partial charge on any atom is 0.311 e. The van der Waals surface area contributed by atoms with Gasteiger partial charge in [-0.3, -0.25) is 14.4 Å². The van der Waals surface area contributed by atoms with E-state index >= 15 is 0 Å². The molecule has 168 valence electrons. The third kappa shape index (κ3) is 7.26. The summed E-state index contributed by atoms with van der Waals surface area (Å²) in [5.74, 6) is -1.40. The highest BCUT2D eigenvalue weighted by molar-refractivity contribution is 5.77. The quantitative estimate of drug-likeness (QED) is 0.528. The monoisotopic (exact) mass is 415 g/mol. The molecule has 0 spiro atoms. The Balaban J connectivity index is 2.97. The Hall–Kier alpha value is -1.67. The fourth-order valence-electron chi connectivity index (χ4n) is 2.36. The fraction of sp³-hybridized carbons (Fsp3) is 0.857. The van der Waals surface area contributed by atoms with Crippen molar-refractivity contribution in [1.82, 2.24) is 5.32 Å². The molecule has 0 bridgehead atoms. The number of piperidine rings is 1. The number of carbonyl (C=O) groups excluding carboxylic acids is 3. The second-order valence-corrected chi connectivity index (χ2v) is 10.7. The number of rotatable bonds is 4. The number of esters is 3. The predicted molar refractivity (Wildman–Crippen MR) is 107 cm³/mol. The number of hydrogen-bond acceptors (Lipinski definition) is 8. The van der Waals surface area contributed by atoms with E-state index in [1.54, 1.807) is 62.3 Å². The molecule has 1 aliphatic rings. The van der Waals surface area contributed by atoms with Gasteiger partial charge in [0.15, 0.2) is 12.2 Å². The summed E-state index contributed by atoms with van der Waals surface area (Å²) >= 11 is 0. The first-order valence-electron chi connectivity index (χ1n) is 9.95. The van der Waals surface area contributed by atoms with Crippen LogP contribution < -0.4 is 5.32 Å². The van der Waals surface area contributed by atoms with Crippen LogP contribution in [0, 0.1) is 16.2 Å². The van der Waals surface area contributed by atoms with E-state index in [1.165, 1.54) is 0 Å². The van der Waals surface area contributed by atoms with Crippen LogP contribution in [0.25, 0.3) is 0 Å². The molecule has 1 rings (SSSR count). The molecule has 8 heteroatoms. The van der Waals surface area contributed by atoms with Crippen molar-refractivity contribution in [3.05, 3.63) is 0 Å². The number of nitrogens with one attached hydrogen (secondary N) is 1. The number of carbonyl (C=O) groups is 3. The molecule has 0 aliphatic carbocycles. The van der Waals surface area contributed by atoms with Crippen molar-refractivity contribution in [2.45, 2.75) is 86.7 Å². The van der Waals surface area contributed by atoms with Crippen LogP contribution in [0.4, 0.5) is 0 Å². The highest BCUT2D eigenvalue weighted by atomic mass is 16.6. The topological polar surface area (TPSA) is 111 Å². The SMILES string of the molecule is CC(C)(C)C(=O)OC[C@H]1NC[C@H](OC(=O)C(C)(C)C)[C@@H](OC(=O)C(C)(C)C)[C@H]1O. The lowest BCUT2D eigenvalue weighted by molar-refractivity contribution is -0.195. The van der Waals surface area contributed by atoms with Crippen LogP contribution in [0.5, 0.6) is 0 Å². The lowest BCUT2D eigenvalue weighted by Gasteiger charge is -2.41. The minimum absolute atomic E-state index is 0.0965. The number of aliphatic hydroxyl groups excluding tert-OH is 1. The molecule has 0 aromatic rings. The van der Waals surface area contributed by atoms with Crippen LogP contribution in [-0.2, 0) is 28.6 Å². The van der Waals surface area contributed by atoms with Crippen LogP contribution in [0.2, 0.25) is 0 Å². The van der Waals surface area contributed by atoms with Gasteiger partial charge in [0.05, 0.1) is 22.3 Å². The highest BCUT2D eigenvalue weighted by Gasteiger charge is 2.45. The van der Waals surface area contributed by atoms with Gasteiger partial charge in [-0.2, -0.15) is 0 Å². The summed E-state index contributed by atoms with van der Waals surface area (Å²) in [4.78, 5) is 36.8. The zero-order chi connectivity index (χ0) is 22.8. The Morgan fingerprint density at radius 1 is 0.828 bits per heavy atom. The minimum Gasteiger partial charge on any atom is -0.464 e. The summed E-state index contributed by atoms with van der Waals surface area (Å²) < 4.78 is 16.4. The number of aliphatic hydroxyl groups is 1. The summed E-state index contributed by atoms with van der Waals surface area (Å²) in [6, 6.07) is -0.663. The molecule has 4 atom stereocenters. The Bertz CT molecular complexity index is 610. The fourth-order valence-corrected chi connectivity index (χ4v) is 2.36. The zero-order valence-corrected chi connectivity index (χ0v) is 19.1. The summed E-state index contributed by atoms with van der Waals surface area (Å²) in [5, 5.41) is 13.9. The van der Waals surface area contributed by atoms with E-state index in [-0.39, 0.29) is 13.2 Å². The van der Waals surface area contributed by atoms with E-state index in [1.807, 2.05) is 0 Å². The maximum atomic E-state index is 12.4. The zero-order valence-electron chi connectivity index (χ0n) is 19.1. The molecule has 0 amide bonds. The van der Waals surface area contributed by atoms with Gasteiger partial charge in [-0.15, -0.1) is 0 Å². The smallest absolute Gasteiger partial charge is 0.311 e. The molecule has 1 fully saturated rings. The largest absolute Gasteiger partial charge is 0.464 e. The van der Waals surface area contributed by atoms with E-state index in [0.29, 0.717) is 0 Å². The van der Waals surface area contributed by atoms with Gasteiger partial charge in [0.1, 0.15) is 12.7 Å². The van der Waals surface area contributed by atoms with Crippen LogP contribution >= 0.6 is 0 Å². The van der Waals surface area contributed by atoms with Crippen molar-refractivity contribution in [1.29, 1.82) is 0 Å².